The van der Waals surface area contributed by atoms with E-state index < -0.39 is 0 Å². The summed E-state index contributed by atoms with van der Waals surface area (Å²) < 4.78 is 4.89. The van der Waals surface area contributed by atoms with Gasteiger partial charge in [0.15, 0.2) is 0 Å². The van der Waals surface area contributed by atoms with Crippen molar-refractivity contribution in [2.45, 2.75) is 6.42 Å². The molecule has 0 aromatic rings. The number of nitrogens with one attached hydrogen (secondary N) is 1. The van der Waals surface area contributed by atoms with Gasteiger partial charge >= 0.3 is 0 Å². The molecule has 0 bridgehead atoms. The first-order valence-corrected chi connectivity index (χ1v) is 3.67. The fraction of sp³-hybridized carbons (Fsp3) is 0.857. The summed E-state index contributed by atoms with van der Waals surface area (Å²) in [6.07, 6.45) is 0.639. The number of hydrogen-bond acceptors (Lipinski definition) is 3. The van der Waals surface area contributed by atoms with Crippen LogP contribution in [0.2, 0.25) is 0 Å². The maximum absolute atomic E-state index is 6.98. The summed E-state index contributed by atoms with van der Waals surface area (Å²) in [7, 11) is 3.67. The lowest BCUT2D eigenvalue weighted by atomic mass is 10.4. The molecule has 0 radical (unpaired) electrons. The Balaban J connectivity index is 3.22. The monoisotopic (exact) mass is 159 g/mol. The molecule has 0 atom stereocenters. The highest BCUT2D eigenvalue weighted by Gasteiger charge is 1.97. The second-order valence-corrected chi connectivity index (χ2v) is 2.57. The van der Waals surface area contributed by atoms with E-state index in [0.29, 0.717) is 6.42 Å². The topological polar surface area (TPSA) is 62.3 Å². The van der Waals surface area contributed by atoms with Crippen LogP contribution in [-0.2, 0) is 4.74 Å². The zero-order chi connectivity index (χ0) is 8.69. The normalized spacial score (nSPS) is 10.5. The molecule has 0 saturated heterocycles. The van der Waals surface area contributed by atoms with Crippen molar-refractivity contribution in [3.8, 4) is 0 Å². The molecule has 0 fully saturated rings. The van der Waals surface area contributed by atoms with Gasteiger partial charge in [0.1, 0.15) is 0 Å². The minimum absolute atomic E-state index is 0.245. The highest BCUT2D eigenvalue weighted by atomic mass is 16.5. The van der Waals surface area contributed by atoms with Crippen LogP contribution in [0.5, 0.6) is 0 Å². The molecule has 66 valence electrons. The molecule has 0 rings (SSSR count). The number of likely N-dealkylation sites (N-methyl/N-ethyl adjacent to an activating group) is 1. The molecule has 0 saturated carbocycles. The first kappa shape index (κ1) is 10.4. The van der Waals surface area contributed by atoms with E-state index in [1.54, 1.807) is 7.11 Å². The van der Waals surface area contributed by atoms with Crippen LogP contribution in [-0.4, -0.2) is 44.6 Å². The molecular formula is C7H17N3O. The van der Waals surface area contributed by atoms with Crippen LogP contribution in [0.1, 0.15) is 6.42 Å². The molecule has 0 unspecified atom stereocenters. The van der Waals surface area contributed by atoms with Gasteiger partial charge in [-0.25, -0.2) is 0 Å². The van der Waals surface area contributed by atoms with Crippen LogP contribution in [0, 0.1) is 5.41 Å². The summed E-state index contributed by atoms with van der Waals surface area (Å²) in [5.74, 6) is 0.245. The first-order valence-electron chi connectivity index (χ1n) is 3.67. The zero-order valence-electron chi connectivity index (χ0n) is 7.26. The number of methoxy groups -OCH3 is 1. The van der Waals surface area contributed by atoms with Crippen molar-refractivity contribution in [2.24, 2.45) is 5.73 Å². The number of hydrogen-bond donors (Lipinski definition) is 2. The molecule has 0 aliphatic heterocycles. The Hall–Kier alpha value is -0.610. The predicted molar refractivity (Wildman–Crippen MR) is 45.9 cm³/mol. The van der Waals surface area contributed by atoms with Gasteiger partial charge in [0.05, 0.1) is 12.4 Å². The number of ether oxygens (including phenoxy) is 1. The quantitative estimate of drug-likeness (QED) is 0.420. The van der Waals surface area contributed by atoms with Gasteiger partial charge in [-0.3, -0.25) is 5.41 Å². The van der Waals surface area contributed by atoms with E-state index in [9.17, 15) is 0 Å². The molecule has 0 heterocycles. The summed E-state index contributed by atoms with van der Waals surface area (Å²) in [5.41, 5.74) is 5.19. The predicted octanol–water partition coefficient (Wildman–Crippen LogP) is -0.109. The summed E-state index contributed by atoms with van der Waals surface area (Å²) in [6, 6.07) is 0. The van der Waals surface area contributed by atoms with Crippen LogP contribution < -0.4 is 5.73 Å². The highest BCUT2D eigenvalue weighted by Crippen LogP contribution is 1.85. The Labute approximate surface area is 67.8 Å². The maximum Gasteiger partial charge on any atom is 0.0918 e. The van der Waals surface area contributed by atoms with Crippen molar-refractivity contribution in [3.05, 3.63) is 0 Å². The third-order valence-corrected chi connectivity index (χ3v) is 1.44. The van der Waals surface area contributed by atoms with E-state index in [2.05, 4.69) is 4.90 Å². The lowest BCUT2D eigenvalue weighted by Gasteiger charge is -2.14. The van der Waals surface area contributed by atoms with E-state index in [1.807, 2.05) is 7.05 Å². The van der Waals surface area contributed by atoms with Gasteiger partial charge in [-0.2, -0.15) is 0 Å². The Morgan fingerprint density at radius 1 is 1.55 bits per heavy atom. The molecule has 4 nitrogen and oxygen atoms in total. The molecule has 0 aromatic heterocycles. The number of rotatable bonds is 6. The van der Waals surface area contributed by atoms with Crippen LogP contribution in [0.15, 0.2) is 0 Å². The largest absolute Gasteiger partial charge is 0.388 e. The molecule has 0 aromatic carbocycles. The average molecular weight is 159 g/mol. The second kappa shape index (κ2) is 6.12. The third kappa shape index (κ3) is 7.29. The van der Waals surface area contributed by atoms with Crippen LogP contribution in [0.3, 0.4) is 0 Å². The zero-order valence-corrected chi connectivity index (χ0v) is 7.26. The fourth-order valence-electron chi connectivity index (χ4n) is 0.670. The van der Waals surface area contributed by atoms with Gasteiger partial charge < -0.3 is 15.4 Å². The van der Waals surface area contributed by atoms with Crippen molar-refractivity contribution < 1.29 is 4.74 Å². The first-order chi connectivity index (χ1) is 5.16. The van der Waals surface area contributed by atoms with Crippen LogP contribution in [0.25, 0.3) is 0 Å². The highest BCUT2D eigenvalue weighted by molar-refractivity contribution is 5.76. The number of amidine groups is 1. The van der Waals surface area contributed by atoms with Crippen LogP contribution >= 0.6 is 0 Å². The van der Waals surface area contributed by atoms with Crippen LogP contribution in [0.4, 0.5) is 0 Å². The SMILES string of the molecule is COCCN(C)CCC(=N)N. The lowest BCUT2D eigenvalue weighted by Crippen LogP contribution is -2.27. The van der Waals surface area contributed by atoms with Crippen molar-refractivity contribution in [2.75, 3.05) is 33.9 Å². The smallest absolute Gasteiger partial charge is 0.0918 e. The van der Waals surface area contributed by atoms with Crippen molar-refractivity contribution in [3.63, 3.8) is 0 Å². The fourth-order valence-corrected chi connectivity index (χ4v) is 0.670. The van der Waals surface area contributed by atoms with Crippen molar-refractivity contribution >= 4 is 5.84 Å². The van der Waals surface area contributed by atoms with Crippen molar-refractivity contribution in [1.82, 2.24) is 4.90 Å². The minimum Gasteiger partial charge on any atom is -0.388 e. The molecule has 4 heteroatoms. The minimum atomic E-state index is 0.245. The molecule has 3 N–H and O–H groups in total. The van der Waals surface area contributed by atoms with Crippen molar-refractivity contribution in [1.29, 1.82) is 5.41 Å². The summed E-state index contributed by atoms with van der Waals surface area (Å²) >= 11 is 0. The number of nitrogens with zero attached hydrogens (tertiary/aromatic N) is 1. The lowest BCUT2D eigenvalue weighted by molar-refractivity contribution is 0.162. The second-order valence-electron chi connectivity index (χ2n) is 2.57. The standard InChI is InChI=1S/C7H17N3O/c1-10(5-6-11-2)4-3-7(8)9/h3-6H2,1-2H3,(H3,8,9). The molecule has 11 heavy (non-hydrogen) atoms. The maximum atomic E-state index is 6.98. The Morgan fingerprint density at radius 3 is 2.64 bits per heavy atom. The Kier molecular flexibility index (Phi) is 5.78. The van der Waals surface area contributed by atoms with Gasteiger partial charge in [0.2, 0.25) is 0 Å². The van der Waals surface area contributed by atoms with E-state index in [4.69, 9.17) is 15.9 Å². The molecule has 0 spiro atoms. The van der Waals surface area contributed by atoms with Gasteiger partial charge in [0.25, 0.3) is 0 Å². The molecule has 0 aliphatic carbocycles. The van der Waals surface area contributed by atoms with Gasteiger partial charge in [-0.05, 0) is 7.05 Å². The Morgan fingerprint density at radius 2 is 2.18 bits per heavy atom. The van der Waals surface area contributed by atoms with E-state index in [-0.39, 0.29) is 5.84 Å². The summed E-state index contributed by atoms with van der Waals surface area (Å²) in [5, 5.41) is 6.98. The van der Waals surface area contributed by atoms with Gasteiger partial charge in [0, 0.05) is 26.6 Å². The third-order valence-electron chi connectivity index (χ3n) is 1.44. The molecular weight excluding hydrogens is 142 g/mol. The summed E-state index contributed by atoms with van der Waals surface area (Å²) in [6.45, 7) is 2.46. The average Bonchev–Trinajstić information content (AvgIpc) is 1.97. The molecule has 0 amide bonds. The van der Waals surface area contributed by atoms with E-state index in [1.165, 1.54) is 0 Å². The van der Waals surface area contributed by atoms with Gasteiger partial charge in [-0.15, -0.1) is 0 Å². The molecule has 0 aliphatic rings. The van der Waals surface area contributed by atoms with Gasteiger partial charge in [-0.1, -0.05) is 0 Å². The Bertz CT molecular complexity index is 116. The van der Waals surface area contributed by atoms with E-state index in [0.717, 1.165) is 19.7 Å². The summed E-state index contributed by atoms with van der Waals surface area (Å²) in [4.78, 5) is 2.09. The van der Waals surface area contributed by atoms with E-state index >= 15 is 0 Å². The number of nitrogens with two attached hydrogens (primary N) is 1.